The molecule has 1 aliphatic carbocycles. The molecule has 1 aromatic carbocycles. The first kappa shape index (κ1) is 19.4. The summed E-state index contributed by atoms with van der Waals surface area (Å²) in [6.45, 7) is 4.96. The molecule has 3 fully saturated rings. The highest BCUT2D eigenvalue weighted by atomic mass is 19.1. The zero-order valence-corrected chi connectivity index (χ0v) is 16.5. The van der Waals surface area contributed by atoms with Crippen LogP contribution in [0.25, 0.3) is 0 Å². The van der Waals surface area contributed by atoms with Gasteiger partial charge in [-0.3, -0.25) is 14.5 Å². The third-order valence-electron chi connectivity index (χ3n) is 6.72. The van der Waals surface area contributed by atoms with E-state index in [1.54, 1.807) is 6.07 Å². The molecule has 2 heterocycles. The third-order valence-corrected chi connectivity index (χ3v) is 6.72. The number of benzene rings is 1. The Balaban J connectivity index is 1.39. The van der Waals surface area contributed by atoms with Crippen LogP contribution in [0.5, 0.6) is 0 Å². The molecule has 2 saturated heterocycles. The number of carbonyl (C=O) groups excluding carboxylic acids is 2. The Morgan fingerprint density at radius 3 is 2.21 bits per heavy atom. The highest BCUT2D eigenvalue weighted by Crippen LogP contribution is 2.43. The average Bonchev–Trinajstić information content (AvgIpc) is 3.41. The first-order valence-corrected chi connectivity index (χ1v) is 10.6. The SMILES string of the molecule is O=C(CN1CCN(C(=O)C2(c3cccc(F)c3)CCCC2)CC1)N1CCCC1. The molecular formula is C22H30FN3O2. The van der Waals surface area contributed by atoms with Crippen LogP contribution < -0.4 is 0 Å². The van der Waals surface area contributed by atoms with E-state index in [2.05, 4.69) is 4.90 Å². The lowest BCUT2D eigenvalue weighted by Crippen LogP contribution is -2.55. The third kappa shape index (κ3) is 3.79. The molecular weight excluding hydrogens is 357 g/mol. The van der Waals surface area contributed by atoms with E-state index in [1.165, 1.54) is 12.1 Å². The maximum absolute atomic E-state index is 13.8. The molecule has 0 spiro atoms. The fourth-order valence-corrected chi connectivity index (χ4v) is 5.06. The maximum Gasteiger partial charge on any atom is 0.236 e. The zero-order valence-electron chi connectivity index (χ0n) is 16.5. The molecule has 3 aliphatic rings. The number of rotatable bonds is 4. The van der Waals surface area contributed by atoms with E-state index in [4.69, 9.17) is 0 Å². The van der Waals surface area contributed by atoms with Crippen LogP contribution in [0.4, 0.5) is 4.39 Å². The average molecular weight is 387 g/mol. The molecule has 2 amide bonds. The van der Waals surface area contributed by atoms with Crippen LogP contribution in [0.3, 0.4) is 0 Å². The molecule has 0 aromatic heterocycles. The van der Waals surface area contributed by atoms with Crippen LogP contribution in [0.15, 0.2) is 24.3 Å². The second-order valence-electron chi connectivity index (χ2n) is 8.46. The van der Waals surface area contributed by atoms with Gasteiger partial charge in [-0.1, -0.05) is 25.0 Å². The van der Waals surface area contributed by atoms with Crippen molar-refractivity contribution in [2.45, 2.75) is 43.9 Å². The van der Waals surface area contributed by atoms with Gasteiger partial charge in [-0.05, 0) is 43.4 Å². The Kier molecular flexibility index (Phi) is 5.67. The van der Waals surface area contributed by atoms with Crippen molar-refractivity contribution < 1.29 is 14.0 Å². The lowest BCUT2D eigenvalue weighted by molar-refractivity contribution is -0.139. The van der Waals surface area contributed by atoms with Gasteiger partial charge in [0.2, 0.25) is 11.8 Å². The molecule has 0 atom stereocenters. The van der Waals surface area contributed by atoms with Gasteiger partial charge in [0.15, 0.2) is 0 Å². The summed E-state index contributed by atoms with van der Waals surface area (Å²) in [5, 5.41) is 0. The van der Waals surface area contributed by atoms with Crippen LogP contribution in [0.1, 0.15) is 44.1 Å². The molecule has 0 N–H and O–H groups in total. The molecule has 1 saturated carbocycles. The van der Waals surface area contributed by atoms with Gasteiger partial charge in [-0.25, -0.2) is 4.39 Å². The minimum Gasteiger partial charge on any atom is -0.342 e. The minimum atomic E-state index is -0.574. The molecule has 0 unspecified atom stereocenters. The smallest absolute Gasteiger partial charge is 0.236 e. The quantitative estimate of drug-likeness (QED) is 0.797. The second-order valence-corrected chi connectivity index (χ2v) is 8.46. The predicted molar refractivity (Wildman–Crippen MR) is 105 cm³/mol. The molecule has 28 heavy (non-hydrogen) atoms. The fraction of sp³-hybridized carbons (Fsp3) is 0.636. The summed E-state index contributed by atoms with van der Waals surface area (Å²) < 4.78 is 13.8. The number of piperazine rings is 1. The van der Waals surface area contributed by atoms with Crippen molar-refractivity contribution in [2.75, 3.05) is 45.8 Å². The van der Waals surface area contributed by atoms with Crippen LogP contribution >= 0.6 is 0 Å². The lowest BCUT2D eigenvalue weighted by atomic mass is 9.77. The predicted octanol–water partition coefficient (Wildman–Crippen LogP) is 2.40. The summed E-state index contributed by atoms with van der Waals surface area (Å²) in [5.74, 6) is 0.0761. The molecule has 5 nitrogen and oxygen atoms in total. The van der Waals surface area contributed by atoms with Gasteiger partial charge in [0, 0.05) is 39.3 Å². The number of nitrogens with zero attached hydrogens (tertiary/aromatic N) is 3. The molecule has 2 aliphatic heterocycles. The number of hydrogen-bond acceptors (Lipinski definition) is 3. The summed E-state index contributed by atoms with van der Waals surface area (Å²) in [6, 6.07) is 6.58. The van der Waals surface area contributed by atoms with Crippen molar-refractivity contribution in [1.29, 1.82) is 0 Å². The van der Waals surface area contributed by atoms with Crippen molar-refractivity contribution >= 4 is 11.8 Å². The Bertz CT molecular complexity index is 718. The summed E-state index contributed by atoms with van der Waals surface area (Å²) >= 11 is 0. The minimum absolute atomic E-state index is 0.140. The molecule has 0 radical (unpaired) electrons. The lowest BCUT2D eigenvalue weighted by Gasteiger charge is -2.40. The molecule has 152 valence electrons. The van der Waals surface area contributed by atoms with Gasteiger partial charge in [0.25, 0.3) is 0 Å². The normalized spacial score (nSPS) is 22.6. The van der Waals surface area contributed by atoms with Crippen molar-refractivity contribution in [3.05, 3.63) is 35.6 Å². The number of carbonyl (C=O) groups is 2. The van der Waals surface area contributed by atoms with E-state index in [0.717, 1.165) is 70.3 Å². The van der Waals surface area contributed by atoms with E-state index in [9.17, 15) is 14.0 Å². The van der Waals surface area contributed by atoms with E-state index in [0.29, 0.717) is 19.6 Å². The highest BCUT2D eigenvalue weighted by Gasteiger charge is 2.45. The molecule has 1 aromatic rings. The van der Waals surface area contributed by atoms with Crippen molar-refractivity contribution in [3.63, 3.8) is 0 Å². The Labute approximate surface area is 166 Å². The van der Waals surface area contributed by atoms with Crippen molar-refractivity contribution in [2.24, 2.45) is 0 Å². The van der Waals surface area contributed by atoms with E-state index in [-0.39, 0.29) is 17.6 Å². The van der Waals surface area contributed by atoms with Crippen molar-refractivity contribution in [1.82, 2.24) is 14.7 Å². The number of amides is 2. The number of likely N-dealkylation sites (tertiary alicyclic amines) is 1. The summed E-state index contributed by atoms with van der Waals surface area (Å²) in [5.41, 5.74) is 0.247. The number of halogens is 1. The zero-order chi connectivity index (χ0) is 19.6. The summed E-state index contributed by atoms with van der Waals surface area (Å²) in [4.78, 5) is 31.9. The molecule has 0 bridgehead atoms. The topological polar surface area (TPSA) is 43.9 Å². The van der Waals surface area contributed by atoms with E-state index in [1.807, 2.05) is 15.9 Å². The van der Waals surface area contributed by atoms with E-state index >= 15 is 0 Å². The van der Waals surface area contributed by atoms with E-state index < -0.39 is 5.41 Å². The van der Waals surface area contributed by atoms with Gasteiger partial charge in [0.1, 0.15) is 5.82 Å². The van der Waals surface area contributed by atoms with Gasteiger partial charge in [-0.2, -0.15) is 0 Å². The van der Waals surface area contributed by atoms with Crippen LogP contribution in [0, 0.1) is 5.82 Å². The van der Waals surface area contributed by atoms with Crippen LogP contribution in [-0.2, 0) is 15.0 Å². The van der Waals surface area contributed by atoms with Crippen LogP contribution in [-0.4, -0.2) is 72.3 Å². The van der Waals surface area contributed by atoms with Crippen LogP contribution in [0.2, 0.25) is 0 Å². The number of hydrogen-bond donors (Lipinski definition) is 0. The maximum atomic E-state index is 13.8. The Hall–Kier alpha value is -1.95. The first-order chi connectivity index (χ1) is 13.6. The molecule has 6 heteroatoms. The largest absolute Gasteiger partial charge is 0.342 e. The second kappa shape index (κ2) is 8.19. The fourth-order valence-electron chi connectivity index (χ4n) is 5.06. The first-order valence-electron chi connectivity index (χ1n) is 10.6. The van der Waals surface area contributed by atoms with Gasteiger partial charge < -0.3 is 9.80 Å². The van der Waals surface area contributed by atoms with Gasteiger partial charge in [-0.15, -0.1) is 0 Å². The Morgan fingerprint density at radius 2 is 1.57 bits per heavy atom. The monoisotopic (exact) mass is 387 g/mol. The summed E-state index contributed by atoms with van der Waals surface area (Å²) in [6.07, 6.45) is 5.82. The van der Waals surface area contributed by atoms with Gasteiger partial charge in [0.05, 0.1) is 12.0 Å². The molecule has 4 rings (SSSR count). The Morgan fingerprint density at radius 1 is 0.893 bits per heavy atom. The standard InChI is InChI=1S/C22H30FN3O2/c23-19-7-5-6-18(16-19)22(8-1-2-9-22)21(28)26-14-12-24(13-15-26)17-20(27)25-10-3-4-11-25/h5-7,16H,1-4,8-15,17H2. The van der Waals surface area contributed by atoms with Gasteiger partial charge >= 0.3 is 0 Å². The van der Waals surface area contributed by atoms with Crippen molar-refractivity contribution in [3.8, 4) is 0 Å². The highest BCUT2D eigenvalue weighted by molar-refractivity contribution is 5.89. The summed E-state index contributed by atoms with van der Waals surface area (Å²) in [7, 11) is 0.